The van der Waals surface area contributed by atoms with E-state index in [9.17, 15) is 9.59 Å². The maximum absolute atomic E-state index is 11.6. The van der Waals surface area contributed by atoms with Crippen LogP contribution < -0.4 is 10.1 Å². The number of rotatable bonds is 7. The molecule has 0 unspecified atom stereocenters. The first kappa shape index (κ1) is 14.9. The van der Waals surface area contributed by atoms with Crippen molar-refractivity contribution in [3.05, 3.63) is 24.0 Å². The van der Waals surface area contributed by atoms with E-state index in [1.165, 1.54) is 18.5 Å². The Morgan fingerprint density at radius 3 is 2.63 bits per heavy atom. The maximum atomic E-state index is 11.6. The van der Waals surface area contributed by atoms with Gasteiger partial charge in [0.25, 0.3) is 5.91 Å². The topological polar surface area (TPSA) is 88.5 Å². The molecular formula is C13H18N2O4. The lowest BCUT2D eigenvalue weighted by Gasteiger charge is -2.14. The Morgan fingerprint density at radius 2 is 2.05 bits per heavy atom. The number of carbonyl (C=O) groups excluding carboxylic acids is 1. The van der Waals surface area contributed by atoms with Crippen LogP contribution in [0.5, 0.6) is 5.75 Å². The highest BCUT2D eigenvalue weighted by Crippen LogP contribution is 2.11. The highest BCUT2D eigenvalue weighted by molar-refractivity contribution is 5.87. The van der Waals surface area contributed by atoms with Crippen molar-refractivity contribution >= 4 is 11.9 Å². The first-order chi connectivity index (χ1) is 9.06. The van der Waals surface area contributed by atoms with Crippen molar-refractivity contribution in [1.29, 1.82) is 0 Å². The van der Waals surface area contributed by atoms with Gasteiger partial charge in [0.1, 0.15) is 5.75 Å². The van der Waals surface area contributed by atoms with Gasteiger partial charge < -0.3 is 15.2 Å². The number of carboxylic acid groups (broad SMARTS) is 1. The van der Waals surface area contributed by atoms with Gasteiger partial charge in [-0.2, -0.15) is 0 Å². The molecule has 1 rings (SSSR count). The van der Waals surface area contributed by atoms with Crippen LogP contribution in [0, 0.1) is 0 Å². The van der Waals surface area contributed by atoms with Gasteiger partial charge >= 0.3 is 5.97 Å². The zero-order valence-corrected chi connectivity index (χ0v) is 11.0. The quantitative estimate of drug-likeness (QED) is 0.780. The smallest absolute Gasteiger partial charge is 0.337 e. The van der Waals surface area contributed by atoms with Crippen molar-refractivity contribution in [2.75, 3.05) is 6.61 Å². The lowest BCUT2D eigenvalue weighted by atomic mass is 10.2. The third kappa shape index (κ3) is 4.95. The summed E-state index contributed by atoms with van der Waals surface area (Å²) in [6.45, 7) is 3.84. The van der Waals surface area contributed by atoms with Gasteiger partial charge in [-0.25, -0.2) is 4.79 Å². The molecule has 1 aromatic heterocycles. The third-order valence-corrected chi connectivity index (χ3v) is 2.68. The first-order valence-corrected chi connectivity index (χ1v) is 6.17. The Hall–Kier alpha value is -2.11. The Bertz CT molecular complexity index is 444. The number of pyridine rings is 1. The molecule has 0 saturated heterocycles. The molecule has 1 aromatic rings. The van der Waals surface area contributed by atoms with E-state index < -0.39 is 5.97 Å². The van der Waals surface area contributed by atoms with E-state index in [-0.39, 0.29) is 29.9 Å². The molecule has 0 aromatic carbocycles. The highest BCUT2D eigenvalue weighted by atomic mass is 16.5. The molecule has 0 fully saturated rings. The Kier molecular flexibility index (Phi) is 5.78. The molecule has 6 heteroatoms. The van der Waals surface area contributed by atoms with E-state index in [0.29, 0.717) is 0 Å². The van der Waals surface area contributed by atoms with Gasteiger partial charge in [-0.05, 0) is 18.9 Å². The van der Waals surface area contributed by atoms with Crippen LogP contribution in [0.4, 0.5) is 0 Å². The van der Waals surface area contributed by atoms with Gasteiger partial charge in [0.05, 0.1) is 11.8 Å². The lowest BCUT2D eigenvalue weighted by Crippen LogP contribution is -2.37. The summed E-state index contributed by atoms with van der Waals surface area (Å²) in [5.74, 6) is -1.05. The first-order valence-electron chi connectivity index (χ1n) is 6.17. The fraction of sp³-hybridized carbons (Fsp3) is 0.462. The second kappa shape index (κ2) is 7.35. The summed E-state index contributed by atoms with van der Waals surface area (Å²) < 4.78 is 5.21. The Balaban J connectivity index is 2.50. The number of aromatic nitrogens is 1. The molecule has 0 aliphatic rings. The molecule has 1 amide bonds. The van der Waals surface area contributed by atoms with Crippen LogP contribution in [0.15, 0.2) is 18.5 Å². The molecule has 1 heterocycles. The molecule has 0 aliphatic carbocycles. The van der Waals surface area contributed by atoms with Crippen LogP contribution in [0.1, 0.15) is 37.0 Å². The molecule has 0 radical (unpaired) electrons. The minimum atomic E-state index is -1.08. The summed E-state index contributed by atoms with van der Waals surface area (Å²) in [5, 5.41) is 11.6. The zero-order valence-electron chi connectivity index (χ0n) is 11.0. The van der Waals surface area contributed by atoms with Gasteiger partial charge in [-0.1, -0.05) is 13.8 Å². The summed E-state index contributed by atoms with van der Waals surface area (Å²) in [5.41, 5.74) is 0.0258. The second-order valence-electron chi connectivity index (χ2n) is 4.08. The van der Waals surface area contributed by atoms with Crippen LogP contribution in [0.3, 0.4) is 0 Å². The summed E-state index contributed by atoms with van der Waals surface area (Å²) in [6, 6.07) is 1.47. The Morgan fingerprint density at radius 1 is 1.37 bits per heavy atom. The molecule has 0 atom stereocenters. The van der Waals surface area contributed by atoms with Gasteiger partial charge in [0.2, 0.25) is 0 Å². The van der Waals surface area contributed by atoms with E-state index >= 15 is 0 Å². The molecule has 0 bridgehead atoms. The van der Waals surface area contributed by atoms with Crippen LogP contribution in [-0.4, -0.2) is 34.6 Å². The van der Waals surface area contributed by atoms with Crippen molar-refractivity contribution in [2.24, 2.45) is 0 Å². The third-order valence-electron chi connectivity index (χ3n) is 2.68. The molecule has 104 valence electrons. The van der Waals surface area contributed by atoms with E-state index in [0.717, 1.165) is 12.8 Å². The lowest BCUT2D eigenvalue weighted by molar-refractivity contribution is -0.123. The number of amides is 1. The fourth-order valence-electron chi connectivity index (χ4n) is 1.53. The molecule has 0 saturated carbocycles. The van der Waals surface area contributed by atoms with Gasteiger partial charge in [0, 0.05) is 12.2 Å². The van der Waals surface area contributed by atoms with Crippen molar-refractivity contribution in [1.82, 2.24) is 10.3 Å². The average Bonchev–Trinajstić information content (AvgIpc) is 2.42. The van der Waals surface area contributed by atoms with E-state index in [4.69, 9.17) is 9.84 Å². The summed E-state index contributed by atoms with van der Waals surface area (Å²) in [7, 11) is 0. The van der Waals surface area contributed by atoms with Crippen LogP contribution in [0.2, 0.25) is 0 Å². The van der Waals surface area contributed by atoms with Gasteiger partial charge in [-0.15, -0.1) is 0 Å². The molecule has 19 heavy (non-hydrogen) atoms. The summed E-state index contributed by atoms with van der Waals surface area (Å²) in [4.78, 5) is 26.1. The van der Waals surface area contributed by atoms with E-state index in [1.54, 1.807) is 0 Å². The number of carbonyl (C=O) groups is 2. The second-order valence-corrected chi connectivity index (χ2v) is 4.08. The molecular weight excluding hydrogens is 248 g/mol. The average molecular weight is 266 g/mol. The number of ether oxygens (including phenoxy) is 1. The largest absolute Gasteiger partial charge is 0.482 e. The number of aromatic carboxylic acids is 1. The summed E-state index contributed by atoms with van der Waals surface area (Å²) >= 11 is 0. The summed E-state index contributed by atoms with van der Waals surface area (Å²) in [6.07, 6.45) is 4.31. The van der Waals surface area contributed by atoms with Crippen molar-refractivity contribution in [3.63, 3.8) is 0 Å². The SMILES string of the molecule is CCC(CC)NC(=O)COc1cncc(C(=O)O)c1. The molecule has 6 nitrogen and oxygen atoms in total. The maximum Gasteiger partial charge on any atom is 0.337 e. The molecule has 2 N–H and O–H groups in total. The highest BCUT2D eigenvalue weighted by Gasteiger charge is 2.10. The van der Waals surface area contributed by atoms with Gasteiger partial charge in [-0.3, -0.25) is 9.78 Å². The van der Waals surface area contributed by atoms with Crippen LogP contribution in [-0.2, 0) is 4.79 Å². The fourth-order valence-corrected chi connectivity index (χ4v) is 1.53. The normalized spacial score (nSPS) is 10.3. The van der Waals surface area contributed by atoms with Crippen molar-refractivity contribution < 1.29 is 19.4 Å². The number of hydrogen-bond donors (Lipinski definition) is 2. The minimum Gasteiger partial charge on any atom is -0.482 e. The molecule has 0 spiro atoms. The number of hydrogen-bond acceptors (Lipinski definition) is 4. The van der Waals surface area contributed by atoms with E-state index in [2.05, 4.69) is 10.3 Å². The van der Waals surface area contributed by atoms with Gasteiger partial charge in [0.15, 0.2) is 6.61 Å². The Labute approximate surface area is 111 Å². The minimum absolute atomic E-state index is 0.0258. The number of nitrogens with one attached hydrogen (secondary N) is 1. The monoisotopic (exact) mass is 266 g/mol. The van der Waals surface area contributed by atoms with Crippen molar-refractivity contribution in [2.45, 2.75) is 32.7 Å². The number of nitrogens with zero attached hydrogens (tertiary/aromatic N) is 1. The zero-order chi connectivity index (χ0) is 14.3. The standard InChI is InChI=1S/C13H18N2O4/c1-3-10(4-2)15-12(16)8-19-11-5-9(13(17)18)6-14-7-11/h5-7,10H,3-4,8H2,1-2H3,(H,15,16)(H,17,18). The van der Waals surface area contributed by atoms with Crippen LogP contribution in [0.25, 0.3) is 0 Å². The molecule has 0 aliphatic heterocycles. The number of carboxylic acids is 1. The van der Waals surface area contributed by atoms with E-state index in [1.807, 2.05) is 13.8 Å². The van der Waals surface area contributed by atoms with Crippen LogP contribution >= 0.6 is 0 Å². The predicted molar refractivity (Wildman–Crippen MR) is 69.2 cm³/mol. The van der Waals surface area contributed by atoms with Crippen molar-refractivity contribution in [3.8, 4) is 5.75 Å². The predicted octanol–water partition coefficient (Wildman–Crippen LogP) is 1.46.